The van der Waals surface area contributed by atoms with Crippen molar-refractivity contribution in [3.63, 3.8) is 0 Å². The molecule has 0 saturated heterocycles. The highest BCUT2D eigenvalue weighted by molar-refractivity contribution is 8.15. The summed E-state index contributed by atoms with van der Waals surface area (Å²) in [7, 11) is 1.88. The normalized spacial score (nSPS) is 38.8. The van der Waals surface area contributed by atoms with Crippen molar-refractivity contribution < 1.29 is 18.0 Å². The van der Waals surface area contributed by atoms with Gasteiger partial charge in [-0.2, -0.15) is 13.2 Å². The van der Waals surface area contributed by atoms with Gasteiger partial charge in [0.25, 0.3) is 0 Å². The fourth-order valence-corrected chi connectivity index (χ4v) is 5.59. The van der Waals surface area contributed by atoms with Gasteiger partial charge in [0.15, 0.2) is 5.17 Å². The number of amides is 1. The second kappa shape index (κ2) is 7.10. The van der Waals surface area contributed by atoms with Gasteiger partial charge in [-0.1, -0.05) is 24.6 Å². The van der Waals surface area contributed by atoms with Crippen LogP contribution in [-0.4, -0.2) is 41.6 Å². The van der Waals surface area contributed by atoms with E-state index in [-0.39, 0.29) is 18.2 Å². The summed E-state index contributed by atoms with van der Waals surface area (Å²) in [5.41, 5.74) is 0. The molecule has 1 amide bonds. The molecule has 1 heterocycles. The maximum atomic E-state index is 13.4. The molecule has 0 radical (unpaired) electrons. The fraction of sp³-hybridized carbons (Fsp3) is 0.882. The quantitative estimate of drug-likeness (QED) is 0.793. The van der Waals surface area contributed by atoms with E-state index in [4.69, 9.17) is 0 Å². The SMILES string of the molecule is CNC1CC(C(=O)NC2=NCC(C)([C@H]3CCCC[C@@H]3C(F)(F)F)S2)C1. The van der Waals surface area contributed by atoms with E-state index in [0.29, 0.717) is 30.6 Å². The number of carbonyl (C=O) groups is 1. The second-order valence-corrected chi connectivity index (χ2v) is 9.24. The molecule has 0 spiro atoms. The minimum atomic E-state index is -4.16. The van der Waals surface area contributed by atoms with Gasteiger partial charge < -0.3 is 10.6 Å². The van der Waals surface area contributed by atoms with Crippen LogP contribution in [0.4, 0.5) is 13.2 Å². The predicted octanol–water partition coefficient (Wildman–Crippen LogP) is 3.33. The third-order valence-electron chi connectivity index (χ3n) is 5.98. The Labute approximate surface area is 150 Å². The second-order valence-electron chi connectivity index (χ2n) is 7.72. The molecule has 25 heavy (non-hydrogen) atoms. The van der Waals surface area contributed by atoms with Crippen LogP contribution < -0.4 is 10.6 Å². The Bertz CT molecular complexity index is 548. The van der Waals surface area contributed by atoms with Crippen molar-refractivity contribution in [3.8, 4) is 0 Å². The number of halogens is 3. The number of amidine groups is 1. The summed E-state index contributed by atoms with van der Waals surface area (Å²) in [6, 6.07) is 0.383. The number of thioether (sulfide) groups is 1. The standard InChI is InChI=1S/C17H26F3N3OS/c1-16(12-5-3-4-6-13(12)17(18,19)20)9-22-15(25-16)23-14(24)10-7-11(8-10)21-2/h10-13,21H,3-9H2,1-2H3,(H,22,23,24)/t10?,11?,12-,13-,16?/m0/s1. The number of aliphatic imine (C=N–C) groups is 1. The molecule has 2 fully saturated rings. The van der Waals surface area contributed by atoms with E-state index in [1.807, 2.05) is 14.0 Å². The molecule has 8 heteroatoms. The van der Waals surface area contributed by atoms with E-state index in [2.05, 4.69) is 15.6 Å². The summed E-state index contributed by atoms with van der Waals surface area (Å²) in [5.74, 6) is -1.78. The zero-order valence-electron chi connectivity index (χ0n) is 14.7. The smallest absolute Gasteiger partial charge is 0.317 e. The van der Waals surface area contributed by atoms with Crippen molar-refractivity contribution in [2.75, 3.05) is 13.6 Å². The highest BCUT2D eigenvalue weighted by Crippen LogP contribution is 2.52. The molecule has 4 nitrogen and oxygen atoms in total. The van der Waals surface area contributed by atoms with E-state index in [1.165, 1.54) is 11.8 Å². The average Bonchev–Trinajstić information content (AvgIpc) is 2.88. The summed E-state index contributed by atoms with van der Waals surface area (Å²) in [5, 5.41) is 6.46. The van der Waals surface area contributed by atoms with Crippen LogP contribution in [0.1, 0.15) is 45.4 Å². The number of nitrogens with one attached hydrogen (secondary N) is 2. The van der Waals surface area contributed by atoms with Crippen LogP contribution in [0, 0.1) is 17.8 Å². The Morgan fingerprint density at radius 2 is 1.96 bits per heavy atom. The highest BCUT2D eigenvalue weighted by Gasteiger charge is 2.53. The molecular formula is C17H26F3N3OS. The van der Waals surface area contributed by atoms with Crippen molar-refractivity contribution in [3.05, 3.63) is 0 Å². The van der Waals surface area contributed by atoms with E-state index in [1.54, 1.807) is 0 Å². The van der Waals surface area contributed by atoms with Crippen LogP contribution in [0.5, 0.6) is 0 Å². The summed E-state index contributed by atoms with van der Waals surface area (Å²) < 4.78 is 39.7. The Hall–Kier alpha value is -0.760. The first kappa shape index (κ1) is 19.0. The lowest BCUT2D eigenvalue weighted by atomic mass is 9.72. The number of alkyl halides is 3. The lowest BCUT2D eigenvalue weighted by molar-refractivity contribution is -0.199. The largest absolute Gasteiger partial charge is 0.392 e. The number of hydrogen-bond donors (Lipinski definition) is 2. The maximum Gasteiger partial charge on any atom is 0.392 e. The Morgan fingerprint density at radius 3 is 2.60 bits per heavy atom. The molecule has 2 N–H and O–H groups in total. The van der Waals surface area contributed by atoms with Gasteiger partial charge in [-0.05, 0) is 45.6 Å². The molecule has 1 aliphatic heterocycles. The molecule has 2 saturated carbocycles. The first-order valence-electron chi connectivity index (χ1n) is 9.01. The molecule has 3 atom stereocenters. The van der Waals surface area contributed by atoms with Crippen molar-refractivity contribution in [2.24, 2.45) is 22.7 Å². The maximum absolute atomic E-state index is 13.4. The molecule has 1 unspecified atom stereocenters. The zero-order chi connectivity index (χ0) is 18.2. The van der Waals surface area contributed by atoms with Crippen molar-refractivity contribution >= 4 is 22.8 Å². The molecule has 2 aliphatic carbocycles. The topological polar surface area (TPSA) is 53.5 Å². The summed E-state index contributed by atoms with van der Waals surface area (Å²) in [6.45, 7) is 2.21. The van der Waals surface area contributed by atoms with Gasteiger partial charge in [-0.15, -0.1) is 0 Å². The fourth-order valence-electron chi connectivity index (χ4n) is 4.30. The molecule has 0 aromatic carbocycles. The molecule has 0 aromatic rings. The number of rotatable bonds is 3. The van der Waals surface area contributed by atoms with Crippen molar-refractivity contribution in [2.45, 2.75) is 62.4 Å². The van der Waals surface area contributed by atoms with E-state index in [0.717, 1.165) is 19.3 Å². The number of carbonyl (C=O) groups excluding carboxylic acids is 1. The molecule has 0 bridgehead atoms. The lowest BCUT2D eigenvalue weighted by Gasteiger charge is -2.42. The van der Waals surface area contributed by atoms with Gasteiger partial charge in [0.05, 0.1) is 12.5 Å². The first-order valence-corrected chi connectivity index (χ1v) is 9.83. The molecular weight excluding hydrogens is 351 g/mol. The molecule has 3 aliphatic rings. The zero-order valence-corrected chi connectivity index (χ0v) is 15.5. The van der Waals surface area contributed by atoms with Gasteiger partial charge in [0.2, 0.25) is 5.91 Å². The van der Waals surface area contributed by atoms with Gasteiger partial charge in [0.1, 0.15) is 0 Å². The minimum absolute atomic E-state index is 0.0230. The van der Waals surface area contributed by atoms with Gasteiger partial charge >= 0.3 is 6.18 Å². The molecule has 142 valence electrons. The molecule has 3 rings (SSSR count). The monoisotopic (exact) mass is 377 g/mol. The van der Waals surface area contributed by atoms with E-state index >= 15 is 0 Å². The Morgan fingerprint density at radius 1 is 1.28 bits per heavy atom. The third-order valence-corrected chi connectivity index (χ3v) is 7.31. The minimum Gasteiger partial charge on any atom is -0.317 e. The molecule has 0 aromatic heterocycles. The first-order chi connectivity index (χ1) is 11.7. The Balaban J connectivity index is 1.59. The lowest BCUT2D eigenvalue weighted by Crippen LogP contribution is -2.48. The van der Waals surface area contributed by atoms with Gasteiger partial charge in [0, 0.05) is 16.7 Å². The number of hydrogen-bond acceptors (Lipinski definition) is 4. The summed E-state index contributed by atoms with van der Waals surface area (Å²) in [4.78, 5) is 16.6. The third kappa shape index (κ3) is 3.99. The predicted molar refractivity (Wildman–Crippen MR) is 93.5 cm³/mol. The van der Waals surface area contributed by atoms with Crippen LogP contribution in [0.25, 0.3) is 0 Å². The summed E-state index contributed by atoms with van der Waals surface area (Å²) in [6.07, 6.45) is -0.291. The van der Waals surface area contributed by atoms with Crippen LogP contribution >= 0.6 is 11.8 Å². The summed E-state index contributed by atoms with van der Waals surface area (Å²) >= 11 is 1.33. The van der Waals surface area contributed by atoms with Gasteiger partial charge in [-0.25, -0.2) is 0 Å². The Kier molecular flexibility index (Phi) is 5.40. The van der Waals surface area contributed by atoms with Crippen LogP contribution in [0.15, 0.2) is 4.99 Å². The average molecular weight is 377 g/mol. The van der Waals surface area contributed by atoms with E-state index < -0.39 is 22.8 Å². The highest BCUT2D eigenvalue weighted by atomic mass is 32.2. The number of nitrogens with zero attached hydrogens (tertiary/aromatic N) is 1. The van der Waals surface area contributed by atoms with Crippen LogP contribution in [0.3, 0.4) is 0 Å². The van der Waals surface area contributed by atoms with Crippen molar-refractivity contribution in [1.82, 2.24) is 10.6 Å². The van der Waals surface area contributed by atoms with Gasteiger partial charge in [-0.3, -0.25) is 9.79 Å². The van der Waals surface area contributed by atoms with Crippen LogP contribution in [0.2, 0.25) is 0 Å². The van der Waals surface area contributed by atoms with Crippen LogP contribution in [-0.2, 0) is 4.79 Å². The van der Waals surface area contributed by atoms with Crippen molar-refractivity contribution in [1.29, 1.82) is 0 Å². The van der Waals surface area contributed by atoms with E-state index in [9.17, 15) is 18.0 Å².